The molecule has 2 aromatic rings. The average molecular weight is 379 g/mol. The number of hydrogen-bond acceptors (Lipinski definition) is 4. The van der Waals surface area contributed by atoms with E-state index in [-0.39, 0.29) is 23.8 Å². The van der Waals surface area contributed by atoms with E-state index in [0.29, 0.717) is 12.0 Å². The number of benzene rings is 1. The number of amides is 1. The van der Waals surface area contributed by atoms with Crippen LogP contribution in [-0.4, -0.2) is 33.5 Å². The number of anilines is 1. The van der Waals surface area contributed by atoms with Crippen LogP contribution in [-0.2, 0) is 4.79 Å². The average Bonchev–Trinajstić information content (AvgIpc) is 3.20. The van der Waals surface area contributed by atoms with Gasteiger partial charge in [0.2, 0.25) is 0 Å². The van der Waals surface area contributed by atoms with Crippen LogP contribution >= 0.6 is 0 Å². The van der Waals surface area contributed by atoms with E-state index in [1.54, 1.807) is 24.5 Å². The van der Waals surface area contributed by atoms with Crippen molar-refractivity contribution < 1.29 is 14.7 Å². The van der Waals surface area contributed by atoms with Crippen LogP contribution in [0.25, 0.3) is 0 Å². The first-order valence-electron chi connectivity index (χ1n) is 9.83. The fourth-order valence-electron chi connectivity index (χ4n) is 5.11. The molecule has 6 nitrogen and oxygen atoms in total. The standard InChI is InChI=1S/C22H25N3O3/c1-2-22(23,21(27)28)19-15-8-3-4-10-17(15)25(18-11-5-9-16(18)19)20(26)14-7-6-12-24-13-14/h3-4,6-8,10,12-13,16,18-19H,2,5,9,11,23H2,1H3,(H,27,28). The highest BCUT2D eigenvalue weighted by Gasteiger charge is 2.54. The van der Waals surface area contributed by atoms with E-state index < -0.39 is 11.5 Å². The lowest BCUT2D eigenvalue weighted by molar-refractivity contribution is -0.145. The van der Waals surface area contributed by atoms with Gasteiger partial charge in [-0.3, -0.25) is 14.6 Å². The van der Waals surface area contributed by atoms with Gasteiger partial charge < -0.3 is 15.7 Å². The summed E-state index contributed by atoms with van der Waals surface area (Å²) in [5.74, 6) is -1.37. The Kier molecular flexibility index (Phi) is 4.67. The van der Waals surface area contributed by atoms with Gasteiger partial charge in [-0.25, -0.2) is 0 Å². The van der Waals surface area contributed by atoms with Gasteiger partial charge in [0.15, 0.2) is 0 Å². The van der Waals surface area contributed by atoms with Crippen molar-refractivity contribution in [2.45, 2.75) is 50.1 Å². The lowest BCUT2D eigenvalue weighted by Gasteiger charge is -2.48. The van der Waals surface area contributed by atoms with Crippen LogP contribution in [0.4, 0.5) is 5.69 Å². The second kappa shape index (κ2) is 7.02. The van der Waals surface area contributed by atoms with Crippen molar-refractivity contribution in [3.63, 3.8) is 0 Å². The molecule has 4 atom stereocenters. The molecule has 1 saturated carbocycles. The molecule has 6 heteroatoms. The number of pyridine rings is 1. The summed E-state index contributed by atoms with van der Waals surface area (Å²) >= 11 is 0. The van der Waals surface area contributed by atoms with E-state index in [2.05, 4.69) is 4.98 Å². The number of aliphatic carboxylic acids is 1. The zero-order valence-electron chi connectivity index (χ0n) is 15.9. The molecule has 1 aliphatic carbocycles. The minimum absolute atomic E-state index is 0.0246. The van der Waals surface area contributed by atoms with Gasteiger partial charge >= 0.3 is 5.97 Å². The maximum absolute atomic E-state index is 13.4. The topological polar surface area (TPSA) is 96.5 Å². The third-order valence-electron chi connectivity index (χ3n) is 6.49. The molecule has 1 fully saturated rings. The maximum Gasteiger partial charge on any atom is 0.324 e. The van der Waals surface area contributed by atoms with E-state index in [1.807, 2.05) is 36.1 Å². The minimum atomic E-state index is -1.35. The van der Waals surface area contributed by atoms with Gasteiger partial charge in [-0.15, -0.1) is 0 Å². The smallest absolute Gasteiger partial charge is 0.324 e. The number of hydrogen-bond donors (Lipinski definition) is 2. The van der Waals surface area contributed by atoms with Crippen LogP contribution in [0.2, 0.25) is 0 Å². The van der Waals surface area contributed by atoms with E-state index in [1.165, 1.54) is 0 Å². The molecule has 2 heterocycles. The van der Waals surface area contributed by atoms with Gasteiger partial charge in [-0.05, 0) is 48.9 Å². The Balaban J connectivity index is 1.88. The number of aromatic nitrogens is 1. The fourth-order valence-corrected chi connectivity index (χ4v) is 5.11. The van der Waals surface area contributed by atoms with Crippen LogP contribution in [0.15, 0.2) is 48.8 Å². The number of fused-ring (bicyclic) bond motifs is 2. The molecule has 0 saturated heterocycles. The molecule has 2 aliphatic rings. The molecule has 1 aliphatic heterocycles. The molecule has 4 unspecified atom stereocenters. The van der Waals surface area contributed by atoms with Gasteiger partial charge in [0.25, 0.3) is 5.91 Å². The lowest BCUT2D eigenvalue weighted by atomic mass is 9.66. The molecule has 1 aromatic heterocycles. The maximum atomic E-state index is 13.4. The minimum Gasteiger partial charge on any atom is -0.480 e. The summed E-state index contributed by atoms with van der Waals surface area (Å²) < 4.78 is 0. The first-order chi connectivity index (χ1) is 13.5. The van der Waals surface area contributed by atoms with E-state index >= 15 is 0 Å². The molecule has 0 bridgehead atoms. The van der Waals surface area contributed by atoms with E-state index in [9.17, 15) is 14.7 Å². The Labute approximate surface area is 164 Å². The second-order valence-electron chi connectivity index (χ2n) is 7.81. The number of nitrogens with two attached hydrogens (primary N) is 1. The number of carboxylic acid groups (broad SMARTS) is 1. The zero-order chi connectivity index (χ0) is 19.9. The summed E-state index contributed by atoms with van der Waals surface area (Å²) in [5.41, 5.74) is 7.32. The summed E-state index contributed by atoms with van der Waals surface area (Å²) in [4.78, 5) is 31.5. The Morgan fingerprint density at radius 2 is 2.04 bits per heavy atom. The molecule has 0 spiro atoms. The van der Waals surface area contributed by atoms with Crippen molar-refractivity contribution >= 4 is 17.6 Å². The van der Waals surface area contributed by atoms with Gasteiger partial charge in [-0.1, -0.05) is 31.5 Å². The van der Waals surface area contributed by atoms with Gasteiger partial charge in [0, 0.05) is 30.0 Å². The number of carbonyl (C=O) groups is 2. The molecule has 4 rings (SSSR count). The van der Waals surface area contributed by atoms with Crippen molar-refractivity contribution in [2.75, 3.05) is 4.90 Å². The van der Waals surface area contributed by atoms with Crippen LogP contribution in [0.1, 0.15) is 54.4 Å². The third-order valence-corrected chi connectivity index (χ3v) is 6.49. The second-order valence-corrected chi connectivity index (χ2v) is 7.81. The Hall–Kier alpha value is -2.73. The number of para-hydroxylation sites is 1. The highest BCUT2D eigenvalue weighted by Crippen LogP contribution is 2.53. The molecular weight excluding hydrogens is 354 g/mol. The van der Waals surface area contributed by atoms with Crippen LogP contribution < -0.4 is 10.6 Å². The largest absolute Gasteiger partial charge is 0.480 e. The van der Waals surface area contributed by atoms with Crippen molar-refractivity contribution in [3.05, 3.63) is 59.9 Å². The van der Waals surface area contributed by atoms with Gasteiger partial charge in [0.1, 0.15) is 5.54 Å². The zero-order valence-corrected chi connectivity index (χ0v) is 15.9. The van der Waals surface area contributed by atoms with Crippen LogP contribution in [0, 0.1) is 5.92 Å². The molecule has 1 amide bonds. The molecule has 146 valence electrons. The highest BCUT2D eigenvalue weighted by molar-refractivity contribution is 6.07. The number of rotatable bonds is 4. The predicted octanol–water partition coefficient (Wildman–Crippen LogP) is 3.19. The monoisotopic (exact) mass is 379 g/mol. The van der Waals surface area contributed by atoms with Gasteiger partial charge in [0.05, 0.1) is 5.56 Å². The van der Waals surface area contributed by atoms with Crippen LogP contribution in [0.3, 0.4) is 0 Å². The van der Waals surface area contributed by atoms with Crippen molar-refractivity contribution in [1.82, 2.24) is 4.98 Å². The number of nitrogens with zero attached hydrogens (tertiary/aromatic N) is 2. The molecular formula is C22H25N3O3. The summed E-state index contributed by atoms with van der Waals surface area (Å²) in [6, 6.07) is 11.1. The Morgan fingerprint density at radius 3 is 2.71 bits per heavy atom. The van der Waals surface area contributed by atoms with Crippen molar-refractivity contribution in [3.8, 4) is 0 Å². The lowest BCUT2D eigenvalue weighted by Crippen LogP contribution is -2.59. The van der Waals surface area contributed by atoms with Crippen LogP contribution in [0.5, 0.6) is 0 Å². The number of carboxylic acids is 1. The molecule has 3 N–H and O–H groups in total. The predicted molar refractivity (Wildman–Crippen MR) is 106 cm³/mol. The summed E-state index contributed by atoms with van der Waals surface area (Å²) in [6.45, 7) is 1.83. The molecule has 28 heavy (non-hydrogen) atoms. The van der Waals surface area contributed by atoms with E-state index in [4.69, 9.17) is 5.73 Å². The third kappa shape index (κ3) is 2.71. The Morgan fingerprint density at radius 1 is 1.25 bits per heavy atom. The normalized spacial score (nSPS) is 25.5. The first-order valence-corrected chi connectivity index (χ1v) is 9.83. The molecule has 0 radical (unpaired) electrons. The van der Waals surface area contributed by atoms with Gasteiger partial charge in [-0.2, -0.15) is 0 Å². The van der Waals surface area contributed by atoms with Crippen molar-refractivity contribution in [2.24, 2.45) is 11.7 Å². The summed E-state index contributed by atoms with van der Waals surface area (Å²) in [6.07, 6.45) is 6.23. The summed E-state index contributed by atoms with van der Waals surface area (Å²) in [7, 11) is 0. The summed E-state index contributed by atoms with van der Waals surface area (Å²) in [5, 5.41) is 9.97. The number of carbonyl (C=O) groups excluding carboxylic acids is 1. The molecule has 1 aromatic carbocycles. The SMILES string of the molecule is CCC(N)(C(=O)O)C1c2ccccc2N(C(=O)c2cccnc2)C2CCCC21. The van der Waals surface area contributed by atoms with E-state index in [0.717, 1.165) is 30.5 Å². The fraction of sp³-hybridized carbons (Fsp3) is 0.409. The highest BCUT2D eigenvalue weighted by atomic mass is 16.4. The quantitative estimate of drug-likeness (QED) is 0.850. The Bertz CT molecular complexity index is 901. The van der Waals surface area contributed by atoms with Crippen molar-refractivity contribution in [1.29, 1.82) is 0 Å². The first kappa shape index (κ1) is 18.6.